The van der Waals surface area contributed by atoms with Crippen molar-refractivity contribution >= 4 is 5.97 Å². The van der Waals surface area contributed by atoms with E-state index in [0.29, 0.717) is 12.4 Å². The van der Waals surface area contributed by atoms with Crippen LogP contribution in [0.3, 0.4) is 0 Å². The molecule has 5 nitrogen and oxygen atoms in total. The van der Waals surface area contributed by atoms with E-state index in [0.717, 1.165) is 6.42 Å². The van der Waals surface area contributed by atoms with Crippen LogP contribution < -0.4 is 0 Å². The highest BCUT2D eigenvalue weighted by Crippen LogP contribution is 1.95. The minimum absolute atomic E-state index is 0.105. The zero-order valence-electron chi connectivity index (χ0n) is 7.13. The molecular weight excluding hydrogens is 158 g/mol. The van der Waals surface area contributed by atoms with Crippen LogP contribution in [0.4, 0.5) is 0 Å². The first kappa shape index (κ1) is 8.70. The number of hydrogen-bond donors (Lipinski definition) is 1. The fourth-order valence-electron chi connectivity index (χ4n) is 0.740. The summed E-state index contributed by atoms with van der Waals surface area (Å²) in [5.74, 6) is 0.320. The highest BCUT2D eigenvalue weighted by molar-refractivity contribution is 5.84. The number of ether oxygens (including phenoxy) is 1. The van der Waals surface area contributed by atoms with Gasteiger partial charge in [0.2, 0.25) is 0 Å². The van der Waals surface area contributed by atoms with E-state index in [-0.39, 0.29) is 5.82 Å². The maximum atomic E-state index is 11.0. The van der Waals surface area contributed by atoms with Gasteiger partial charge in [0, 0.05) is 6.42 Å². The number of aryl methyl sites for hydroxylation is 1. The molecule has 0 radical (unpaired) electrons. The van der Waals surface area contributed by atoms with Gasteiger partial charge in [-0.25, -0.2) is 9.78 Å². The molecule has 0 unspecified atom stereocenters. The van der Waals surface area contributed by atoms with Crippen LogP contribution in [0.1, 0.15) is 30.3 Å². The van der Waals surface area contributed by atoms with E-state index in [1.54, 1.807) is 6.92 Å². The molecule has 0 aliphatic carbocycles. The summed E-state index contributed by atoms with van der Waals surface area (Å²) in [6.07, 6.45) is 0.729. The van der Waals surface area contributed by atoms with Gasteiger partial charge in [-0.1, -0.05) is 6.92 Å². The highest BCUT2D eigenvalue weighted by atomic mass is 16.5. The van der Waals surface area contributed by atoms with Crippen molar-refractivity contribution in [2.24, 2.45) is 0 Å². The summed E-state index contributed by atoms with van der Waals surface area (Å²) < 4.78 is 4.70. The summed E-state index contributed by atoms with van der Waals surface area (Å²) in [6, 6.07) is 0. The van der Waals surface area contributed by atoms with Crippen molar-refractivity contribution < 1.29 is 9.53 Å². The van der Waals surface area contributed by atoms with Crippen molar-refractivity contribution in [3.63, 3.8) is 0 Å². The van der Waals surface area contributed by atoms with Crippen molar-refractivity contribution in [3.05, 3.63) is 11.6 Å². The van der Waals surface area contributed by atoms with E-state index < -0.39 is 5.97 Å². The number of H-pyrrole nitrogens is 1. The molecule has 1 aromatic heterocycles. The molecule has 0 aromatic carbocycles. The fourth-order valence-corrected chi connectivity index (χ4v) is 0.740. The highest BCUT2D eigenvalue weighted by Gasteiger charge is 2.11. The molecular formula is C7H11N3O2. The van der Waals surface area contributed by atoms with Crippen LogP contribution in [0.25, 0.3) is 0 Å². The molecule has 1 rings (SSSR count). The lowest BCUT2D eigenvalue weighted by Gasteiger charge is -1.93. The first-order chi connectivity index (χ1) is 5.77. The summed E-state index contributed by atoms with van der Waals surface area (Å²) in [7, 11) is 0. The van der Waals surface area contributed by atoms with Crippen LogP contribution in [0.2, 0.25) is 0 Å². The van der Waals surface area contributed by atoms with Crippen molar-refractivity contribution in [2.45, 2.75) is 20.3 Å². The molecule has 0 spiro atoms. The zero-order valence-corrected chi connectivity index (χ0v) is 7.13. The molecule has 5 heteroatoms. The van der Waals surface area contributed by atoms with Crippen molar-refractivity contribution in [1.82, 2.24) is 15.2 Å². The molecule has 1 N–H and O–H groups in total. The molecule has 0 aliphatic heterocycles. The van der Waals surface area contributed by atoms with Gasteiger partial charge >= 0.3 is 5.97 Å². The predicted molar refractivity (Wildman–Crippen MR) is 41.7 cm³/mol. The minimum Gasteiger partial charge on any atom is -0.460 e. The van der Waals surface area contributed by atoms with E-state index >= 15 is 0 Å². The van der Waals surface area contributed by atoms with Crippen LogP contribution in [0, 0.1) is 0 Å². The second kappa shape index (κ2) is 3.85. The van der Waals surface area contributed by atoms with Crippen LogP contribution in [0.5, 0.6) is 0 Å². The SMILES string of the molecule is CCOC(=O)c1n[nH]c(CC)n1. The third-order valence-electron chi connectivity index (χ3n) is 1.32. The van der Waals surface area contributed by atoms with E-state index in [2.05, 4.69) is 15.2 Å². The average molecular weight is 169 g/mol. The summed E-state index contributed by atoms with van der Waals surface area (Å²) in [5, 5.41) is 6.33. The van der Waals surface area contributed by atoms with E-state index in [1.165, 1.54) is 0 Å². The molecule has 0 amide bonds. The topological polar surface area (TPSA) is 67.9 Å². The molecule has 0 bridgehead atoms. The molecule has 0 saturated heterocycles. The lowest BCUT2D eigenvalue weighted by Crippen LogP contribution is -2.06. The average Bonchev–Trinajstić information content (AvgIpc) is 2.52. The first-order valence-electron chi connectivity index (χ1n) is 3.86. The van der Waals surface area contributed by atoms with E-state index in [9.17, 15) is 4.79 Å². The number of hydrogen-bond acceptors (Lipinski definition) is 4. The van der Waals surface area contributed by atoms with Crippen molar-refractivity contribution in [3.8, 4) is 0 Å². The standard InChI is InChI=1S/C7H11N3O2/c1-3-5-8-6(10-9-5)7(11)12-4-2/h3-4H2,1-2H3,(H,8,9,10). The Labute approximate surface area is 70.1 Å². The lowest BCUT2D eigenvalue weighted by atomic mass is 10.5. The number of aromatic nitrogens is 3. The Bertz CT molecular complexity index is 269. The molecule has 0 saturated carbocycles. The summed E-state index contributed by atoms with van der Waals surface area (Å²) in [5.41, 5.74) is 0. The largest absolute Gasteiger partial charge is 0.460 e. The number of aromatic amines is 1. The number of carbonyl (C=O) groups is 1. The van der Waals surface area contributed by atoms with Gasteiger partial charge < -0.3 is 4.74 Å². The van der Waals surface area contributed by atoms with Crippen LogP contribution in [-0.2, 0) is 11.2 Å². The van der Waals surface area contributed by atoms with Gasteiger partial charge in [-0.15, -0.1) is 5.10 Å². The van der Waals surface area contributed by atoms with Gasteiger partial charge in [-0.3, -0.25) is 5.10 Å². The second-order valence-electron chi connectivity index (χ2n) is 2.18. The lowest BCUT2D eigenvalue weighted by molar-refractivity contribution is 0.0512. The maximum Gasteiger partial charge on any atom is 0.378 e. The molecule has 0 atom stereocenters. The second-order valence-corrected chi connectivity index (χ2v) is 2.18. The zero-order chi connectivity index (χ0) is 8.97. The Morgan fingerprint density at radius 3 is 2.83 bits per heavy atom. The number of esters is 1. The smallest absolute Gasteiger partial charge is 0.378 e. The van der Waals surface area contributed by atoms with Crippen LogP contribution in [0.15, 0.2) is 0 Å². The Morgan fingerprint density at radius 2 is 2.33 bits per heavy atom. The van der Waals surface area contributed by atoms with Crippen LogP contribution >= 0.6 is 0 Å². The summed E-state index contributed by atoms with van der Waals surface area (Å²) in [6.45, 7) is 4.01. The first-order valence-corrected chi connectivity index (χ1v) is 3.86. The molecule has 0 fully saturated rings. The molecule has 66 valence electrons. The Kier molecular flexibility index (Phi) is 2.79. The Hall–Kier alpha value is -1.39. The monoisotopic (exact) mass is 169 g/mol. The Morgan fingerprint density at radius 1 is 1.58 bits per heavy atom. The molecule has 1 aromatic rings. The van der Waals surface area contributed by atoms with Gasteiger partial charge in [0.15, 0.2) is 0 Å². The normalized spacial score (nSPS) is 9.83. The predicted octanol–water partition coefficient (Wildman–Crippen LogP) is 0.544. The third-order valence-corrected chi connectivity index (χ3v) is 1.32. The van der Waals surface area contributed by atoms with Crippen molar-refractivity contribution in [2.75, 3.05) is 6.61 Å². The third kappa shape index (κ3) is 1.81. The fraction of sp³-hybridized carbons (Fsp3) is 0.571. The number of nitrogens with one attached hydrogen (secondary N) is 1. The number of nitrogens with zero attached hydrogens (tertiary/aromatic N) is 2. The Balaban J connectivity index is 2.68. The summed E-state index contributed by atoms with van der Waals surface area (Å²) >= 11 is 0. The number of rotatable bonds is 3. The van der Waals surface area contributed by atoms with Crippen molar-refractivity contribution in [1.29, 1.82) is 0 Å². The van der Waals surface area contributed by atoms with Crippen LogP contribution in [-0.4, -0.2) is 27.8 Å². The number of carbonyl (C=O) groups excluding carboxylic acids is 1. The maximum absolute atomic E-state index is 11.0. The van der Waals surface area contributed by atoms with Gasteiger partial charge in [0.1, 0.15) is 5.82 Å². The quantitative estimate of drug-likeness (QED) is 0.670. The van der Waals surface area contributed by atoms with Gasteiger partial charge in [0.05, 0.1) is 6.61 Å². The van der Waals surface area contributed by atoms with E-state index in [1.807, 2.05) is 6.92 Å². The summed E-state index contributed by atoms with van der Waals surface area (Å²) in [4.78, 5) is 14.9. The molecule has 12 heavy (non-hydrogen) atoms. The minimum atomic E-state index is -0.478. The molecule has 0 aliphatic rings. The van der Waals surface area contributed by atoms with Gasteiger partial charge in [-0.2, -0.15) is 0 Å². The van der Waals surface area contributed by atoms with Gasteiger partial charge in [0.25, 0.3) is 5.82 Å². The van der Waals surface area contributed by atoms with E-state index in [4.69, 9.17) is 4.74 Å². The molecule has 1 heterocycles. The van der Waals surface area contributed by atoms with Gasteiger partial charge in [-0.05, 0) is 6.92 Å².